The Morgan fingerprint density at radius 1 is 1.37 bits per heavy atom. The molecule has 2 rings (SSSR count). The topological polar surface area (TPSA) is 68.4 Å². The largest absolute Gasteiger partial charge is 0.462 e. The van der Waals surface area contributed by atoms with Gasteiger partial charge in [-0.1, -0.05) is 6.07 Å². The van der Waals surface area contributed by atoms with Gasteiger partial charge in [0.1, 0.15) is 5.56 Å². The average Bonchev–Trinajstić information content (AvgIpc) is 2.40. The van der Waals surface area contributed by atoms with Gasteiger partial charge in [-0.2, -0.15) is 0 Å². The van der Waals surface area contributed by atoms with E-state index in [4.69, 9.17) is 9.47 Å². The van der Waals surface area contributed by atoms with E-state index in [0.717, 1.165) is 5.56 Å². The summed E-state index contributed by atoms with van der Waals surface area (Å²) in [5.74, 6) is -0.609. The van der Waals surface area contributed by atoms with E-state index in [1.165, 1.54) is 6.20 Å². The van der Waals surface area contributed by atoms with Gasteiger partial charge in [0.25, 0.3) is 0 Å². The number of aromatic amines is 1. The number of fused-ring (bicyclic) bond motifs is 1. The molecule has 2 aromatic rings. The first-order valence-electron chi connectivity index (χ1n) is 5.97. The highest BCUT2D eigenvalue weighted by molar-refractivity contribution is 5.93. The molecule has 0 aliphatic heterocycles. The molecular formula is C14H15NO4. The number of pyridine rings is 1. The molecule has 0 fully saturated rings. The third-order valence-electron chi connectivity index (χ3n) is 2.75. The first-order valence-corrected chi connectivity index (χ1v) is 5.97. The van der Waals surface area contributed by atoms with E-state index >= 15 is 0 Å². The van der Waals surface area contributed by atoms with Gasteiger partial charge >= 0.3 is 5.97 Å². The first-order chi connectivity index (χ1) is 9.17. The van der Waals surface area contributed by atoms with Crippen molar-refractivity contribution in [3.63, 3.8) is 0 Å². The van der Waals surface area contributed by atoms with Crippen molar-refractivity contribution < 1.29 is 14.3 Å². The van der Waals surface area contributed by atoms with Crippen LogP contribution in [0.15, 0.2) is 29.2 Å². The SMILES string of the molecule is CCOC(=O)c1c[nH]c2ccc(COC)cc2c1=O. The maximum atomic E-state index is 12.2. The van der Waals surface area contributed by atoms with Gasteiger partial charge in [-0.15, -0.1) is 0 Å². The molecule has 0 amide bonds. The van der Waals surface area contributed by atoms with Crippen molar-refractivity contribution in [2.75, 3.05) is 13.7 Å². The number of carbonyl (C=O) groups is 1. The Hall–Kier alpha value is -2.14. The van der Waals surface area contributed by atoms with Gasteiger partial charge in [0, 0.05) is 24.2 Å². The fourth-order valence-electron chi connectivity index (χ4n) is 1.88. The van der Waals surface area contributed by atoms with Gasteiger partial charge in [0.05, 0.1) is 13.2 Å². The number of carbonyl (C=O) groups excluding carboxylic acids is 1. The van der Waals surface area contributed by atoms with Crippen LogP contribution in [-0.4, -0.2) is 24.7 Å². The fourth-order valence-corrected chi connectivity index (χ4v) is 1.88. The lowest BCUT2D eigenvalue weighted by Gasteiger charge is -2.05. The Morgan fingerprint density at radius 2 is 2.16 bits per heavy atom. The molecule has 0 saturated carbocycles. The average molecular weight is 261 g/mol. The fraction of sp³-hybridized carbons (Fsp3) is 0.286. The summed E-state index contributed by atoms with van der Waals surface area (Å²) in [5.41, 5.74) is 1.24. The molecule has 1 N–H and O–H groups in total. The Labute approximate surface area is 110 Å². The van der Waals surface area contributed by atoms with Crippen molar-refractivity contribution >= 4 is 16.9 Å². The maximum Gasteiger partial charge on any atom is 0.343 e. The first kappa shape index (κ1) is 13.3. The van der Waals surface area contributed by atoms with Crippen molar-refractivity contribution in [2.24, 2.45) is 0 Å². The highest BCUT2D eigenvalue weighted by atomic mass is 16.5. The second kappa shape index (κ2) is 5.67. The summed E-state index contributed by atoms with van der Waals surface area (Å²) in [4.78, 5) is 26.8. The van der Waals surface area contributed by atoms with Gasteiger partial charge in [-0.3, -0.25) is 4.79 Å². The number of hydrogen-bond acceptors (Lipinski definition) is 4. The lowest BCUT2D eigenvalue weighted by molar-refractivity contribution is 0.0524. The van der Waals surface area contributed by atoms with Crippen LogP contribution in [0.3, 0.4) is 0 Å². The van der Waals surface area contributed by atoms with Gasteiger partial charge in [-0.25, -0.2) is 4.79 Å². The molecule has 0 aliphatic carbocycles. The van der Waals surface area contributed by atoms with Crippen molar-refractivity contribution in [3.8, 4) is 0 Å². The van der Waals surface area contributed by atoms with E-state index in [2.05, 4.69) is 4.98 Å². The summed E-state index contributed by atoms with van der Waals surface area (Å²) in [6.07, 6.45) is 1.39. The highest BCUT2D eigenvalue weighted by Gasteiger charge is 2.13. The third kappa shape index (κ3) is 2.66. The van der Waals surface area contributed by atoms with E-state index < -0.39 is 5.97 Å². The summed E-state index contributed by atoms with van der Waals surface area (Å²) >= 11 is 0. The quantitative estimate of drug-likeness (QED) is 0.853. The van der Waals surface area contributed by atoms with Gasteiger partial charge in [-0.05, 0) is 24.6 Å². The Morgan fingerprint density at radius 3 is 2.84 bits per heavy atom. The number of hydrogen-bond donors (Lipinski definition) is 1. The van der Waals surface area contributed by atoms with Crippen LogP contribution in [0.25, 0.3) is 10.9 Å². The van der Waals surface area contributed by atoms with Crippen molar-refractivity contribution in [1.82, 2.24) is 4.98 Å². The van der Waals surface area contributed by atoms with Crippen LogP contribution >= 0.6 is 0 Å². The molecule has 1 aromatic heterocycles. The standard InChI is InChI=1S/C14H15NO4/c1-3-19-14(17)11-7-15-12-5-4-9(8-18-2)6-10(12)13(11)16/h4-7H,3,8H2,1-2H3,(H,15,16). The smallest absolute Gasteiger partial charge is 0.343 e. The summed E-state index contributed by atoms with van der Waals surface area (Å²) in [6, 6.07) is 5.38. The molecule has 0 saturated heterocycles. The molecule has 0 aliphatic rings. The van der Waals surface area contributed by atoms with Crippen molar-refractivity contribution in [1.29, 1.82) is 0 Å². The molecule has 0 spiro atoms. The van der Waals surface area contributed by atoms with E-state index in [-0.39, 0.29) is 17.6 Å². The van der Waals surface area contributed by atoms with Crippen LogP contribution in [0.1, 0.15) is 22.8 Å². The van der Waals surface area contributed by atoms with Crippen LogP contribution in [0.2, 0.25) is 0 Å². The number of esters is 1. The third-order valence-corrected chi connectivity index (χ3v) is 2.75. The lowest BCUT2D eigenvalue weighted by Crippen LogP contribution is -2.18. The van der Waals surface area contributed by atoms with E-state index in [1.807, 2.05) is 6.07 Å². The van der Waals surface area contributed by atoms with Gasteiger partial charge in [0.15, 0.2) is 0 Å². The second-order valence-electron chi connectivity index (χ2n) is 4.06. The van der Waals surface area contributed by atoms with E-state index in [1.54, 1.807) is 26.2 Å². The maximum absolute atomic E-state index is 12.2. The number of rotatable bonds is 4. The Balaban J connectivity index is 2.55. The zero-order chi connectivity index (χ0) is 13.8. The predicted molar refractivity (Wildman–Crippen MR) is 71.2 cm³/mol. The molecule has 100 valence electrons. The van der Waals surface area contributed by atoms with Gasteiger partial charge in [0.2, 0.25) is 5.43 Å². The number of ether oxygens (including phenoxy) is 2. The van der Waals surface area contributed by atoms with Crippen molar-refractivity contribution in [2.45, 2.75) is 13.5 Å². The molecule has 5 nitrogen and oxygen atoms in total. The molecule has 0 atom stereocenters. The highest BCUT2D eigenvalue weighted by Crippen LogP contribution is 2.12. The molecule has 5 heteroatoms. The molecule has 0 bridgehead atoms. The number of nitrogens with one attached hydrogen (secondary N) is 1. The molecule has 0 radical (unpaired) electrons. The van der Waals surface area contributed by atoms with Crippen molar-refractivity contribution in [3.05, 3.63) is 45.7 Å². The zero-order valence-electron chi connectivity index (χ0n) is 10.9. The summed E-state index contributed by atoms with van der Waals surface area (Å²) in [7, 11) is 1.59. The normalized spacial score (nSPS) is 10.6. The van der Waals surface area contributed by atoms with Crippen LogP contribution in [0.5, 0.6) is 0 Å². The minimum Gasteiger partial charge on any atom is -0.462 e. The predicted octanol–water partition coefficient (Wildman–Crippen LogP) is 1.85. The second-order valence-corrected chi connectivity index (χ2v) is 4.06. The minimum absolute atomic E-state index is 0.0175. The van der Waals surface area contributed by atoms with E-state index in [0.29, 0.717) is 17.5 Å². The van der Waals surface area contributed by atoms with Crippen LogP contribution in [0.4, 0.5) is 0 Å². The van der Waals surface area contributed by atoms with Crippen LogP contribution in [0, 0.1) is 0 Å². The number of methoxy groups -OCH3 is 1. The summed E-state index contributed by atoms with van der Waals surface area (Å²) in [6.45, 7) is 2.35. The van der Waals surface area contributed by atoms with E-state index in [9.17, 15) is 9.59 Å². The lowest BCUT2D eigenvalue weighted by atomic mass is 10.1. The summed E-state index contributed by atoms with van der Waals surface area (Å²) < 4.78 is 9.88. The number of benzene rings is 1. The zero-order valence-corrected chi connectivity index (χ0v) is 10.9. The molecule has 1 aromatic carbocycles. The molecule has 19 heavy (non-hydrogen) atoms. The summed E-state index contributed by atoms with van der Waals surface area (Å²) in [5, 5.41) is 0.458. The number of H-pyrrole nitrogens is 1. The molecular weight excluding hydrogens is 246 g/mol. The minimum atomic E-state index is -0.609. The monoisotopic (exact) mass is 261 g/mol. The molecule has 1 heterocycles. The van der Waals surface area contributed by atoms with Gasteiger partial charge < -0.3 is 14.5 Å². The van der Waals surface area contributed by atoms with Crippen LogP contribution in [-0.2, 0) is 16.1 Å². The Bertz CT molecular complexity index is 660. The van der Waals surface area contributed by atoms with Crippen LogP contribution < -0.4 is 5.43 Å². The number of aromatic nitrogens is 1. The Kier molecular flexibility index (Phi) is 3.97. The molecule has 0 unspecified atom stereocenters.